The van der Waals surface area contributed by atoms with E-state index in [0.717, 1.165) is 5.69 Å². The Morgan fingerprint density at radius 1 is 1.38 bits per heavy atom. The third-order valence-electron chi connectivity index (χ3n) is 1.93. The van der Waals surface area contributed by atoms with Gasteiger partial charge < -0.3 is 0 Å². The molecule has 0 saturated carbocycles. The van der Waals surface area contributed by atoms with Gasteiger partial charge in [-0.05, 0) is 37.1 Å². The van der Waals surface area contributed by atoms with Gasteiger partial charge in [0.05, 0.1) is 0 Å². The van der Waals surface area contributed by atoms with E-state index in [4.69, 9.17) is 0 Å². The number of fused-ring (bicyclic) bond motifs is 1. The van der Waals surface area contributed by atoms with E-state index in [0.29, 0.717) is 0 Å². The van der Waals surface area contributed by atoms with E-state index in [-0.39, 0.29) is 0 Å². The lowest BCUT2D eigenvalue weighted by Gasteiger charge is -2.14. The molecule has 1 aromatic rings. The molecular formula is C11H17NS. The first-order valence-corrected chi connectivity index (χ1v) is 5.93. The summed E-state index contributed by atoms with van der Waals surface area (Å²) in [4.78, 5) is 5.66. The zero-order chi connectivity index (χ0) is 9.68. The summed E-state index contributed by atoms with van der Waals surface area (Å²) in [5.41, 5.74) is 2.64. The van der Waals surface area contributed by atoms with Crippen LogP contribution < -0.4 is 0 Å². The molecule has 1 aliphatic rings. The fraction of sp³-hybridized carbons (Fsp3) is 0.545. The molecule has 0 amide bonds. The maximum atomic E-state index is 4.27. The van der Waals surface area contributed by atoms with Gasteiger partial charge in [-0.15, -0.1) is 11.8 Å². The first kappa shape index (κ1) is 10.6. The van der Waals surface area contributed by atoms with Gasteiger partial charge in [0, 0.05) is 16.8 Å². The van der Waals surface area contributed by atoms with Gasteiger partial charge in [0.25, 0.3) is 0 Å². The molecule has 1 nitrogen and oxygen atoms in total. The van der Waals surface area contributed by atoms with E-state index in [1.807, 2.05) is 31.8 Å². The van der Waals surface area contributed by atoms with Crippen molar-refractivity contribution in [2.45, 2.75) is 38.5 Å². The molecular weight excluding hydrogens is 178 g/mol. The van der Waals surface area contributed by atoms with Gasteiger partial charge in [-0.3, -0.25) is 4.98 Å². The van der Waals surface area contributed by atoms with Gasteiger partial charge in [-0.2, -0.15) is 0 Å². The lowest BCUT2D eigenvalue weighted by atomic mass is 10.1. The van der Waals surface area contributed by atoms with E-state index in [1.54, 1.807) is 0 Å². The smallest absolute Gasteiger partial charge is 0.0409 e. The Kier molecular flexibility index (Phi) is 4.29. The summed E-state index contributed by atoms with van der Waals surface area (Å²) in [5, 5.41) is 0. The van der Waals surface area contributed by atoms with Crippen LogP contribution in [0.1, 0.15) is 31.5 Å². The van der Waals surface area contributed by atoms with Crippen LogP contribution in [-0.4, -0.2) is 10.7 Å². The largest absolute Gasteiger partial charge is 0.260 e. The summed E-state index contributed by atoms with van der Waals surface area (Å²) in [6, 6.07) is 2.21. The molecule has 0 aliphatic carbocycles. The van der Waals surface area contributed by atoms with E-state index in [9.17, 15) is 0 Å². The Hall–Kier alpha value is -0.500. The second-order valence-electron chi connectivity index (χ2n) is 2.89. The molecule has 2 heteroatoms. The molecule has 0 N–H and O–H groups in total. The highest BCUT2D eigenvalue weighted by atomic mass is 32.2. The van der Waals surface area contributed by atoms with Crippen molar-refractivity contribution in [2.24, 2.45) is 0 Å². The molecule has 0 spiro atoms. The molecule has 1 aliphatic heterocycles. The van der Waals surface area contributed by atoms with E-state index in [2.05, 4.69) is 18.0 Å². The molecule has 0 saturated heterocycles. The predicted octanol–water partition coefficient (Wildman–Crippen LogP) is 3.45. The summed E-state index contributed by atoms with van der Waals surface area (Å²) in [5.74, 6) is 1.26. The molecule has 0 radical (unpaired) electrons. The van der Waals surface area contributed by atoms with Crippen LogP contribution in [0.4, 0.5) is 0 Å². The molecule has 0 atom stereocenters. The lowest BCUT2D eigenvalue weighted by molar-refractivity contribution is 0.875. The summed E-state index contributed by atoms with van der Waals surface area (Å²) in [6.07, 6.45) is 4.57. The monoisotopic (exact) mass is 195 g/mol. The van der Waals surface area contributed by atoms with Gasteiger partial charge >= 0.3 is 0 Å². The summed E-state index contributed by atoms with van der Waals surface area (Å²) < 4.78 is 0. The molecule has 1 aromatic heterocycles. The average molecular weight is 195 g/mol. The number of hydrogen-bond acceptors (Lipinski definition) is 2. The summed E-state index contributed by atoms with van der Waals surface area (Å²) in [6.45, 7) is 6.06. The van der Waals surface area contributed by atoms with Crippen LogP contribution >= 0.6 is 11.8 Å². The molecule has 0 unspecified atom stereocenters. The second kappa shape index (κ2) is 5.28. The number of aryl methyl sites for hydroxylation is 2. The Labute approximate surface area is 85.0 Å². The van der Waals surface area contributed by atoms with Gasteiger partial charge in [-0.1, -0.05) is 13.8 Å². The van der Waals surface area contributed by atoms with Gasteiger partial charge in [0.15, 0.2) is 0 Å². The van der Waals surface area contributed by atoms with Crippen molar-refractivity contribution in [3.8, 4) is 0 Å². The highest BCUT2D eigenvalue weighted by Crippen LogP contribution is 2.29. The minimum Gasteiger partial charge on any atom is -0.260 e. The van der Waals surface area contributed by atoms with Crippen molar-refractivity contribution < 1.29 is 0 Å². The molecule has 72 valence electrons. The maximum Gasteiger partial charge on any atom is 0.0409 e. The zero-order valence-corrected chi connectivity index (χ0v) is 9.45. The third kappa shape index (κ3) is 2.73. The van der Waals surface area contributed by atoms with Crippen molar-refractivity contribution in [3.05, 3.63) is 23.5 Å². The van der Waals surface area contributed by atoms with Gasteiger partial charge in [-0.25, -0.2) is 0 Å². The van der Waals surface area contributed by atoms with Crippen molar-refractivity contribution in [2.75, 3.05) is 5.75 Å². The molecule has 2 rings (SSSR count). The molecule has 0 bridgehead atoms. The van der Waals surface area contributed by atoms with Crippen LogP contribution in [0.5, 0.6) is 0 Å². The topological polar surface area (TPSA) is 12.9 Å². The Bertz CT molecular complexity index is 271. The molecule has 13 heavy (non-hydrogen) atoms. The minimum atomic E-state index is 1.14. The lowest BCUT2D eigenvalue weighted by Crippen LogP contribution is -1.99. The van der Waals surface area contributed by atoms with Crippen LogP contribution in [0.3, 0.4) is 0 Å². The van der Waals surface area contributed by atoms with Crippen LogP contribution in [0, 0.1) is 6.92 Å². The first-order valence-electron chi connectivity index (χ1n) is 4.94. The van der Waals surface area contributed by atoms with E-state index >= 15 is 0 Å². The van der Waals surface area contributed by atoms with Crippen LogP contribution in [-0.2, 0) is 6.42 Å². The molecule has 0 fully saturated rings. The standard InChI is InChI=1S/C9H11NS.C2H6/c1-7-5-8-3-2-4-11-9(8)6-10-7;1-2/h5-6H,2-4H2,1H3;1-2H3. The van der Waals surface area contributed by atoms with Gasteiger partial charge in [0.1, 0.15) is 0 Å². The fourth-order valence-corrected chi connectivity index (χ4v) is 2.36. The SMILES string of the molecule is CC.Cc1cc2c(cn1)SCCC2. The predicted molar refractivity (Wildman–Crippen MR) is 59.4 cm³/mol. The molecule has 0 aromatic carbocycles. The quantitative estimate of drug-likeness (QED) is 0.629. The number of rotatable bonds is 0. The normalized spacial score (nSPS) is 14.1. The third-order valence-corrected chi connectivity index (χ3v) is 3.10. The summed E-state index contributed by atoms with van der Waals surface area (Å²) >= 11 is 1.93. The highest BCUT2D eigenvalue weighted by molar-refractivity contribution is 7.99. The second-order valence-corrected chi connectivity index (χ2v) is 4.02. The van der Waals surface area contributed by atoms with Crippen molar-refractivity contribution in [1.29, 1.82) is 0 Å². The maximum absolute atomic E-state index is 4.27. The van der Waals surface area contributed by atoms with Crippen LogP contribution in [0.2, 0.25) is 0 Å². The van der Waals surface area contributed by atoms with Crippen molar-refractivity contribution in [3.63, 3.8) is 0 Å². The minimum absolute atomic E-state index is 1.14. The highest BCUT2D eigenvalue weighted by Gasteiger charge is 2.08. The van der Waals surface area contributed by atoms with Crippen molar-refractivity contribution >= 4 is 11.8 Å². The Morgan fingerprint density at radius 3 is 2.92 bits per heavy atom. The zero-order valence-electron chi connectivity index (χ0n) is 8.63. The van der Waals surface area contributed by atoms with E-state index < -0.39 is 0 Å². The number of pyridine rings is 1. The Balaban J connectivity index is 0.000000396. The van der Waals surface area contributed by atoms with Crippen molar-refractivity contribution in [1.82, 2.24) is 4.98 Å². The van der Waals surface area contributed by atoms with Crippen LogP contribution in [0.15, 0.2) is 17.2 Å². The number of thioether (sulfide) groups is 1. The first-order chi connectivity index (χ1) is 6.36. The fourth-order valence-electron chi connectivity index (χ4n) is 1.37. The Morgan fingerprint density at radius 2 is 2.15 bits per heavy atom. The molecule has 2 heterocycles. The van der Waals surface area contributed by atoms with Crippen LogP contribution in [0.25, 0.3) is 0 Å². The summed E-state index contributed by atoms with van der Waals surface area (Å²) in [7, 11) is 0. The number of nitrogens with zero attached hydrogens (tertiary/aromatic N) is 1. The number of hydrogen-bond donors (Lipinski definition) is 0. The number of aromatic nitrogens is 1. The van der Waals surface area contributed by atoms with Gasteiger partial charge in [0.2, 0.25) is 0 Å². The van der Waals surface area contributed by atoms with E-state index in [1.165, 1.54) is 29.1 Å². The average Bonchev–Trinajstić information content (AvgIpc) is 2.21.